The molecule has 12 heteroatoms. The number of H-pyrrole nitrogens is 1. The van der Waals surface area contributed by atoms with Gasteiger partial charge in [-0.15, -0.1) is 6.58 Å². The maximum absolute atomic E-state index is 13.3. The van der Waals surface area contributed by atoms with Gasteiger partial charge in [0.25, 0.3) is 5.56 Å². The summed E-state index contributed by atoms with van der Waals surface area (Å²) in [5.41, 5.74) is 5.04. The van der Waals surface area contributed by atoms with Crippen LogP contribution in [-0.4, -0.2) is 41.5 Å². The number of benzene rings is 1. The lowest BCUT2D eigenvalue weighted by atomic mass is 10.2. The standard InChI is InChI=1S/C20H19N5O7/c1-2-6-24-12-15(22-19(21)23-16(12)28)25(20(24)29)17-14-13(11(8-26)30-17)31-18(32-14)9-4-3-5-10(27)7-9/h2-5,7-8,13-14,17-18,26-27H,1,6H2,(H3,21,22,23,28)/b11-8-/t13-,14-,17?,18?/m1/s1. The number of aromatic nitrogens is 4. The van der Waals surface area contributed by atoms with Gasteiger partial charge in [0.2, 0.25) is 12.2 Å². The predicted octanol–water partition coefficient (Wildman–Crippen LogP) is 0.771. The Bertz CT molecular complexity index is 1370. The molecule has 0 radical (unpaired) electrons. The molecule has 0 aliphatic carbocycles. The zero-order chi connectivity index (χ0) is 22.6. The van der Waals surface area contributed by atoms with Crippen molar-refractivity contribution in [3.63, 3.8) is 0 Å². The molecule has 0 amide bonds. The van der Waals surface area contributed by atoms with E-state index >= 15 is 0 Å². The van der Waals surface area contributed by atoms with Crippen LogP contribution in [0.15, 0.2) is 58.5 Å². The number of nitrogens with one attached hydrogen (secondary N) is 1. The van der Waals surface area contributed by atoms with Crippen LogP contribution in [0.5, 0.6) is 5.75 Å². The van der Waals surface area contributed by atoms with Gasteiger partial charge in [0.05, 0.1) is 0 Å². The number of phenols is 1. The highest BCUT2D eigenvalue weighted by Gasteiger charge is 2.53. The molecule has 4 atom stereocenters. The Morgan fingerprint density at radius 1 is 1.31 bits per heavy atom. The number of aromatic hydroxyl groups is 1. The lowest BCUT2D eigenvalue weighted by Crippen LogP contribution is -2.34. The number of hydrogen-bond acceptors (Lipinski definition) is 9. The van der Waals surface area contributed by atoms with E-state index in [0.717, 1.165) is 10.8 Å². The van der Waals surface area contributed by atoms with E-state index < -0.39 is 36.0 Å². The average Bonchev–Trinajstić information content (AvgIpc) is 3.40. The fourth-order valence-electron chi connectivity index (χ4n) is 4.04. The van der Waals surface area contributed by atoms with Crippen LogP contribution >= 0.6 is 0 Å². The number of phenolic OH excluding ortho intramolecular Hbond substituents is 1. The average molecular weight is 441 g/mol. The van der Waals surface area contributed by atoms with Crippen molar-refractivity contribution in [1.82, 2.24) is 19.1 Å². The monoisotopic (exact) mass is 441 g/mol. The van der Waals surface area contributed by atoms with E-state index in [9.17, 15) is 19.8 Å². The fraction of sp³-hybridized carbons (Fsp3) is 0.250. The minimum Gasteiger partial charge on any atom is -0.512 e. The van der Waals surface area contributed by atoms with E-state index in [1.165, 1.54) is 22.8 Å². The lowest BCUT2D eigenvalue weighted by molar-refractivity contribution is -0.115. The molecule has 4 heterocycles. The number of anilines is 1. The van der Waals surface area contributed by atoms with E-state index in [1.54, 1.807) is 12.1 Å². The molecule has 32 heavy (non-hydrogen) atoms. The Kier molecular flexibility index (Phi) is 4.53. The van der Waals surface area contributed by atoms with Gasteiger partial charge in [0.15, 0.2) is 35.4 Å². The summed E-state index contributed by atoms with van der Waals surface area (Å²) in [4.78, 5) is 32.3. The molecule has 166 valence electrons. The molecule has 2 saturated heterocycles. The molecule has 2 aromatic heterocycles. The van der Waals surface area contributed by atoms with Crippen LogP contribution < -0.4 is 17.0 Å². The number of rotatable bonds is 4. The summed E-state index contributed by atoms with van der Waals surface area (Å²) in [7, 11) is 0. The molecule has 0 saturated carbocycles. The molecule has 2 aliphatic rings. The maximum Gasteiger partial charge on any atom is 0.333 e. The van der Waals surface area contributed by atoms with Crippen molar-refractivity contribution < 1.29 is 24.4 Å². The number of nitrogens with two attached hydrogens (primary N) is 1. The number of aliphatic hydroxyl groups excluding tert-OH is 1. The van der Waals surface area contributed by atoms with Crippen molar-refractivity contribution in [1.29, 1.82) is 0 Å². The first kappa shape index (κ1) is 19.9. The number of nitrogens with zero attached hydrogens (tertiary/aromatic N) is 3. The van der Waals surface area contributed by atoms with E-state index in [-0.39, 0.29) is 35.2 Å². The van der Waals surface area contributed by atoms with E-state index in [4.69, 9.17) is 19.9 Å². The molecular weight excluding hydrogens is 422 g/mol. The molecule has 3 aromatic rings. The first-order chi connectivity index (χ1) is 15.4. The number of fused-ring (bicyclic) bond motifs is 2. The Balaban J connectivity index is 1.64. The number of aromatic amines is 1. The Morgan fingerprint density at radius 2 is 2.12 bits per heavy atom. The van der Waals surface area contributed by atoms with Gasteiger partial charge in [-0.05, 0) is 12.1 Å². The largest absolute Gasteiger partial charge is 0.512 e. The van der Waals surface area contributed by atoms with Crippen LogP contribution in [0.4, 0.5) is 5.95 Å². The van der Waals surface area contributed by atoms with Gasteiger partial charge in [0, 0.05) is 12.1 Å². The molecule has 2 fully saturated rings. The van der Waals surface area contributed by atoms with E-state index in [0.29, 0.717) is 5.56 Å². The second-order valence-corrected chi connectivity index (χ2v) is 7.30. The summed E-state index contributed by atoms with van der Waals surface area (Å²) in [6.45, 7) is 3.67. The summed E-state index contributed by atoms with van der Waals surface area (Å²) >= 11 is 0. The molecule has 0 bridgehead atoms. The summed E-state index contributed by atoms with van der Waals surface area (Å²) < 4.78 is 20.0. The maximum atomic E-state index is 13.3. The van der Waals surface area contributed by atoms with Gasteiger partial charge >= 0.3 is 5.69 Å². The molecule has 5 rings (SSSR count). The van der Waals surface area contributed by atoms with Crippen molar-refractivity contribution in [2.75, 3.05) is 5.73 Å². The summed E-state index contributed by atoms with van der Waals surface area (Å²) in [5.74, 6) is -0.113. The highest BCUT2D eigenvalue weighted by molar-refractivity contribution is 5.72. The Labute approximate surface area is 179 Å². The first-order valence-corrected chi connectivity index (χ1v) is 9.65. The van der Waals surface area contributed by atoms with Crippen LogP contribution in [0.3, 0.4) is 0 Å². The van der Waals surface area contributed by atoms with Crippen LogP contribution in [0.1, 0.15) is 18.1 Å². The second-order valence-electron chi connectivity index (χ2n) is 7.30. The number of nitrogen functional groups attached to an aromatic ring is 1. The second kappa shape index (κ2) is 7.28. The molecule has 0 spiro atoms. The van der Waals surface area contributed by atoms with Gasteiger partial charge in [-0.2, -0.15) is 4.98 Å². The Morgan fingerprint density at radius 3 is 2.84 bits per heavy atom. The number of aliphatic hydroxyl groups is 1. The van der Waals surface area contributed by atoms with Crippen molar-refractivity contribution in [2.45, 2.75) is 31.3 Å². The number of allylic oxidation sites excluding steroid dienone is 1. The minimum absolute atomic E-state index is 0.00544. The van der Waals surface area contributed by atoms with Gasteiger partial charge in [0.1, 0.15) is 12.0 Å². The molecule has 2 unspecified atom stereocenters. The minimum atomic E-state index is -1.12. The third-order valence-corrected chi connectivity index (χ3v) is 5.33. The molecule has 1 aromatic carbocycles. The van der Waals surface area contributed by atoms with Gasteiger partial charge in [-0.1, -0.05) is 18.2 Å². The third kappa shape index (κ3) is 2.88. The quantitative estimate of drug-likeness (QED) is 0.338. The predicted molar refractivity (Wildman–Crippen MR) is 111 cm³/mol. The normalized spacial score (nSPS) is 25.8. The number of ether oxygens (including phenoxy) is 3. The van der Waals surface area contributed by atoms with Crippen molar-refractivity contribution in [3.8, 4) is 5.75 Å². The Hall–Kier alpha value is -4.03. The van der Waals surface area contributed by atoms with Crippen molar-refractivity contribution >= 4 is 17.1 Å². The van der Waals surface area contributed by atoms with Crippen LogP contribution in [0, 0.1) is 0 Å². The topological polar surface area (TPSA) is 167 Å². The summed E-state index contributed by atoms with van der Waals surface area (Å²) in [5, 5.41) is 19.4. The number of hydrogen-bond donors (Lipinski definition) is 4. The highest BCUT2D eigenvalue weighted by Crippen LogP contribution is 2.46. The zero-order valence-electron chi connectivity index (χ0n) is 16.5. The van der Waals surface area contributed by atoms with Crippen LogP contribution in [0.2, 0.25) is 0 Å². The molecule has 2 aliphatic heterocycles. The van der Waals surface area contributed by atoms with Crippen LogP contribution in [-0.2, 0) is 20.8 Å². The van der Waals surface area contributed by atoms with Crippen molar-refractivity contribution in [2.24, 2.45) is 0 Å². The highest BCUT2D eigenvalue weighted by atomic mass is 16.8. The van der Waals surface area contributed by atoms with Crippen molar-refractivity contribution in [3.05, 3.63) is 75.3 Å². The summed E-state index contributed by atoms with van der Waals surface area (Å²) in [6.07, 6.45) is -1.53. The van der Waals surface area contributed by atoms with Crippen LogP contribution in [0.25, 0.3) is 11.2 Å². The van der Waals surface area contributed by atoms with E-state index in [2.05, 4.69) is 16.5 Å². The van der Waals surface area contributed by atoms with Gasteiger partial charge in [-0.25, -0.2) is 9.36 Å². The first-order valence-electron chi connectivity index (χ1n) is 9.65. The third-order valence-electron chi connectivity index (χ3n) is 5.33. The SMILES string of the molecule is C=CCn1c(=O)n(C2O/C(=C\O)[C@H]3OC(c4cccc(O)c4)O[C@@H]23)c2nc(N)[nH]c(=O)c21. The van der Waals surface area contributed by atoms with Gasteiger partial charge < -0.3 is 30.2 Å². The molecule has 5 N–H and O–H groups in total. The fourth-order valence-corrected chi connectivity index (χ4v) is 4.04. The molecule has 12 nitrogen and oxygen atoms in total. The molecular formula is C20H19N5O7. The van der Waals surface area contributed by atoms with Gasteiger partial charge in [-0.3, -0.25) is 14.3 Å². The van der Waals surface area contributed by atoms with E-state index in [1.807, 2.05) is 0 Å². The zero-order valence-corrected chi connectivity index (χ0v) is 16.5. The lowest BCUT2D eigenvalue weighted by Gasteiger charge is -2.19. The summed E-state index contributed by atoms with van der Waals surface area (Å²) in [6, 6.07) is 6.32. The smallest absolute Gasteiger partial charge is 0.333 e. The number of imidazole rings is 1.